The van der Waals surface area contributed by atoms with Crippen LogP contribution in [-0.2, 0) is 11.3 Å². The zero-order valence-electron chi connectivity index (χ0n) is 11.5. The quantitative estimate of drug-likeness (QED) is 0.854. The van der Waals surface area contributed by atoms with Crippen LogP contribution in [0.25, 0.3) is 0 Å². The molecule has 2 N–H and O–H groups in total. The Morgan fingerprint density at radius 1 is 1.05 bits per heavy atom. The molecule has 0 aliphatic rings. The number of benzene rings is 2. The van der Waals surface area contributed by atoms with Crippen LogP contribution in [0.4, 0.5) is 0 Å². The minimum atomic E-state index is -0.497. The highest BCUT2D eigenvalue weighted by Gasteiger charge is 2.05. The van der Waals surface area contributed by atoms with Crippen molar-refractivity contribution in [2.24, 2.45) is 5.73 Å². The SMILES string of the molecule is COC(=O)c1ccc(COc2cccc(C(N)=O)c2)cc1. The van der Waals surface area contributed by atoms with Crippen LogP contribution in [-0.4, -0.2) is 19.0 Å². The molecule has 0 unspecified atom stereocenters. The van der Waals surface area contributed by atoms with E-state index < -0.39 is 5.91 Å². The molecule has 0 atom stereocenters. The topological polar surface area (TPSA) is 78.6 Å². The second-order valence-corrected chi connectivity index (χ2v) is 4.37. The van der Waals surface area contributed by atoms with Gasteiger partial charge in [0.2, 0.25) is 5.91 Å². The van der Waals surface area contributed by atoms with Crippen molar-refractivity contribution in [1.29, 1.82) is 0 Å². The Morgan fingerprint density at radius 3 is 2.38 bits per heavy atom. The molecule has 108 valence electrons. The largest absolute Gasteiger partial charge is 0.489 e. The molecule has 0 aromatic heterocycles. The lowest BCUT2D eigenvalue weighted by atomic mass is 10.1. The second-order valence-electron chi connectivity index (χ2n) is 4.37. The van der Waals surface area contributed by atoms with Crippen molar-refractivity contribution in [1.82, 2.24) is 0 Å². The van der Waals surface area contributed by atoms with Crippen LogP contribution in [0.2, 0.25) is 0 Å². The number of hydrogen-bond donors (Lipinski definition) is 1. The predicted molar refractivity (Wildman–Crippen MR) is 77.1 cm³/mol. The third kappa shape index (κ3) is 3.82. The molecule has 0 radical (unpaired) electrons. The molecule has 5 heteroatoms. The number of esters is 1. The third-order valence-electron chi connectivity index (χ3n) is 2.90. The smallest absolute Gasteiger partial charge is 0.337 e. The first-order valence-corrected chi connectivity index (χ1v) is 6.30. The van der Waals surface area contributed by atoms with Crippen LogP contribution in [0.5, 0.6) is 5.75 Å². The van der Waals surface area contributed by atoms with E-state index in [0.29, 0.717) is 23.5 Å². The fourth-order valence-corrected chi connectivity index (χ4v) is 1.76. The predicted octanol–water partition coefficient (Wildman–Crippen LogP) is 2.15. The van der Waals surface area contributed by atoms with Gasteiger partial charge in [0.05, 0.1) is 12.7 Å². The molecule has 0 bridgehead atoms. The van der Waals surface area contributed by atoms with E-state index in [-0.39, 0.29) is 5.97 Å². The first-order chi connectivity index (χ1) is 10.1. The molecule has 5 nitrogen and oxygen atoms in total. The molecule has 2 aromatic carbocycles. The average molecular weight is 285 g/mol. The van der Waals surface area contributed by atoms with Crippen LogP contribution in [0, 0.1) is 0 Å². The van der Waals surface area contributed by atoms with Crippen molar-refractivity contribution < 1.29 is 19.1 Å². The van der Waals surface area contributed by atoms with Crippen LogP contribution >= 0.6 is 0 Å². The summed E-state index contributed by atoms with van der Waals surface area (Å²) in [5.41, 5.74) is 6.99. The van der Waals surface area contributed by atoms with Crippen LogP contribution < -0.4 is 10.5 Å². The zero-order valence-corrected chi connectivity index (χ0v) is 11.5. The first-order valence-electron chi connectivity index (χ1n) is 6.30. The maximum atomic E-state index is 11.3. The van der Waals surface area contributed by atoms with E-state index in [1.165, 1.54) is 7.11 Å². The lowest BCUT2D eigenvalue weighted by Crippen LogP contribution is -2.10. The highest BCUT2D eigenvalue weighted by Crippen LogP contribution is 2.15. The Labute approximate surface area is 122 Å². The summed E-state index contributed by atoms with van der Waals surface area (Å²) in [6.45, 7) is 0.323. The van der Waals surface area contributed by atoms with E-state index in [1.54, 1.807) is 48.5 Å². The first kappa shape index (κ1) is 14.6. The monoisotopic (exact) mass is 285 g/mol. The molecule has 0 aliphatic carbocycles. The van der Waals surface area contributed by atoms with Crippen LogP contribution in [0.15, 0.2) is 48.5 Å². The summed E-state index contributed by atoms with van der Waals surface area (Å²) >= 11 is 0. The van der Waals surface area contributed by atoms with Crippen molar-refractivity contribution in [3.05, 3.63) is 65.2 Å². The maximum Gasteiger partial charge on any atom is 0.337 e. The van der Waals surface area contributed by atoms with Gasteiger partial charge in [0.15, 0.2) is 0 Å². The molecule has 2 aromatic rings. The molecule has 21 heavy (non-hydrogen) atoms. The number of methoxy groups -OCH3 is 1. The summed E-state index contributed by atoms with van der Waals surface area (Å²) in [4.78, 5) is 22.4. The Kier molecular flexibility index (Phi) is 4.56. The van der Waals surface area contributed by atoms with Gasteiger partial charge in [-0.1, -0.05) is 18.2 Å². The number of carbonyl (C=O) groups is 2. The average Bonchev–Trinajstić information content (AvgIpc) is 2.53. The van der Waals surface area contributed by atoms with Gasteiger partial charge in [0.25, 0.3) is 0 Å². The van der Waals surface area contributed by atoms with E-state index in [1.807, 2.05) is 0 Å². The zero-order chi connectivity index (χ0) is 15.2. The molecule has 0 saturated heterocycles. The molecule has 0 aliphatic heterocycles. The summed E-state index contributed by atoms with van der Waals surface area (Å²) in [6, 6.07) is 13.6. The van der Waals surface area contributed by atoms with E-state index in [4.69, 9.17) is 10.5 Å². The van der Waals surface area contributed by atoms with Crippen molar-refractivity contribution in [3.8, 4) is 5.75 Å². The number of hydrogen-bond acceptors (Lipinski definition) is 4. The fraction of sp³-hybridized carbons (Fsp3) is 0.125. The van der Waals surface area contributed by atoms with Crippen molar-refractivity contribution >= 4 is 11.9 Å². The summed E-state index contributed by atoms with van der Waals surface area (Å²) in [6.07, 6.45) is 0. The van der Waals surface area contributed by atoms with E-state index >= 15 is 0 Å². The Hall–Kier alpha value is -2.82. The Balaban J connectivity index is 2.01. The van der Waals surface area contributed by atoms with Crippen molar-refractivity contribution in [2.75, 3.05) is 7.11 Å². The van der Waals surface area contributed by atoms with Gasteiger partial charge >= 0.3 is 5.97 Å². The molecular formula is C16H15NO4. The lowest BCUT2D eigenvalue weighted by Gasteiger charge is -2.07. The van der Waals surface area contributed by atoms with Crippen molar-refractivity contribution in [3.63, 3.8) is 0 Å². The van der Waals surface area contributed by atoms with Crippen LogP contribution in [0.3, 0.4) is 0 Å². The number of primary amides is 1. The number of rotatable bonds is 5. The fourth-order valence-electron chi connectivity index (χ4n) is 1.76. The molecule has 1 amide bonds. The van der Waals surface area contributed by atoms with E-state index in [0.717, 1.165) is 5.56 Å². The van der Waals surface area contributed by atoms with Gasteiger partial charge in [-0.2, -0.15) is 0 Å². The lowest BCUT2D eigenvalue weighted by molar-refractivity contribution is 0.0600. The minimum absolute atomic E-state index is 0.323. The molecule has 0 fully saturated rings. The van der Waals surface area contributed by atoms with E-state index in [9.17, 15) is 9.59 Å². The van der Waals surface area contributed by atoms with Gasteiger partial charge in [-0.3, -0.25) is 4.79 Å². The Morgan fingerprint density at radius 2 is 1.76 bits per heavy atom. The molecule has 0 saturated carbocycles. The summed E-state index contributed by atoms with van der Waals surface area (Å²) < 4.78 is 10.2. The maximum absolute atomic E-state index is 11.3. The number of carbonyl (C=O) groups excluding carboxylic acids is 2. The van der Waals surface area contributed by atoms with Gasteiger partial charge in [-0.05, 0) is 35.9 Å². The highest BCUT2D eigenvalue weighted by molar-refractivity contribution is 5.93. The van der Waals surface area contributed by atoms with Crippen molar-refractivity contribution in [2.45, 2.75) is 6.61 Å². The molecular weight excluding hydrogens is 270 g/mol. The summed E-state index contributed by atoms with van der Waals surface area (Å²) in [5.74, 6) is -0.317. The van der Waals surface area contributed by atoms with Crippen LogP contribution in [0.1, 0.15) is 26.3 Å². The molecule has 0 spiro atoms. The number of ether oxygens (including phenoxy) is 2. The highest BCUT2D eigenvalue weighted by atomic mass is 16.5. The molecule has 0 heterocycles. The van der Waals surface area contributed by atoms with Gasteiger partial charge in [-0.15, -0.1) is 0 Å². The standard InChI is InChI=1S/C16H15NO4/c1-20-16(19)12-7-5-11(6-8-12)10-21-14-4-2-3-13(9-14)15(17)18/h2-9H,10H2,1H3,(H2,17,18). The van der Waals surface area contributed by atoms with E-state index in [2.05, 4.69) is 4.74 Å². The van der Waals surface area contributed by atoms with Gasteiger partial charge in [-0.25, -0.2) is 4.79 Å². The molecule has 2 rings (SSSR count). The summed E-state index contributed by atoms with van der Waals surface area (Å²) in [7, 11) is 1.34. The number of amides is 1. The normalized spacial score (nSPS) is 9.95. The minimum Gasteiger partial charge on any atom is -0.489 e. The third-order valence-corrected chi connectivity index (χ3v) is 2.90. The van der Waals surface area contributed by atoms with Gasteiger partial charge < -0.3 is 15.2 Å². The van der Waals surface area contributed by atoms with Gasteiger partial charge in [0, 0.05) is 5.56 Å². The second kappa shape index (κ2) is 6.56. The summed E-state index contributed by atoms with van der Waals surface area (Å²) in [5, 5.41) is 0. The van der Waals surface area contributed by atoms with Gasteiger partial charge in [0.1, 0.15) is 12.4 Å². The Bertz CT molecular complexity index is 650. The number of nitrogens with two attached hydrogens (primary N) is 1.